The van der Waals surface area contributed by atoms with Crippen LogP contribution in [0.15, 0.2) is 24.3 Å². The second kappa shape index (κ2) is 9.80. The van der Waals surface area contributed by atoms with Gasteiger partial charge in [-0.2, -0.15) is 0 Å². The SMILES string of the molecule is CC(C)C[C@@H]1NC(=O)C[C@@H](C(=O)O)NC(=O)c2ccccc2OC[C@H]2CCCN2C1=O. The van der Waals surface area contributed by atoms with Crippen molar-refractivity contribution in [1.82, 2.24) is 15.5 Å². The van der Waals surface area contributed by atoms with Crippen LogP contribution in [0.1, 0.15) is 49.9 Å². The zero-order chi connectivity index (χ0) is 22.5. The van der Waals surface area contributed by atoms with Crippen molar-refractivity contribution in [3.05, 3.63) is 29.8 Å². The van der Waals surface area contributed by atoms with Gasteiger partial charge in [-0.3, -0.25) is 14.4 Å². The van der Waals surface area contributed by atoms with Gasteiger partial charge in [-0.15, -0.1) is 0 Å². The van der Waals surface area contributed by atoms with E-state index >= 15 is 0 Å². The number of hydrogen-bond acceptors (Lipinski definition) is 5. The monoisotopic (exact) mass is 431 g/mol. The minimum atomic E-state index is -1.43. The molecule has 0 aliphatic carbocycles. The highest BCUT2D eigenvalue weighted by molar-refractivity contribution is 6.00. The predicted octanol–water partition coefficient (Wildman–Crippen LogP) is 1.17. The van der Waals surface area contributed by atoms with Gasteiger partial charge in [-0.1, -0.05) is 26.0 Å². The highest BCUT2D eigenvalue weighted by Crippen LogP contribution is 2.24. The van der Waals surface area contributed by atoms with E-state index < -0.39 is 36.3 Å². The summed E-state index contributed by atoms with van der Waals surface area (Å²) >= 11 is 0. The predicted molar refractivity (Wildman–Crippen MR) is 112 cm³/mol. The number of carbonyl (C=O) groups excluding carboxylic acids is 3. The lowest BCUT2D eigenvalue weighted by Crippen LogP contribution is -2.53. The molecule has 2 aliphatic rings. The zero-order valence-electron chi connectivity index (χ0n) is 17.8. The number of benzene rings is 1. The van der Waals surface area contributed by atoms with Gasteiger partial charge in [-0.05, 0) is 37.3 Å². The molecule has 9 nitrogen and oxygen atoms in total. The van der Waals surface area contributed by atoms with Gasteiger partial charge < -0.3 is 25.4 Å². The first-order chi connectivity index (χ1) is 14.8. The Bertz CT molecular complexity index is 855. The summed E-state index contributed by atoms with van der Waals surface area (Å²) in [7, 11) is 0. The second-order valence-corrected chi connectivity index (χ2v) is 8.45. The third kappa shape index (κ3) is 5.53. The van der Waals surface area contributed by atoms with E-state index in [1.165, 1.54) is 6.07 Å². The summed E-state index contributed by atoms with van der Waals surface area (Å²) in [6.45, 7) is 4.68. The van der Waals surface area contributed by atoms with Gasteiger partial charge in [0.05, 0.1) is 18.0 Å². The molecular weight excluding hydrogens is 402 g/mol. The van der Waals surface area contributed by atoms with Gasteiger partial charge in [-0.25, -0.2) is 4.79 Å². The second-order valence-electron chi connectivity index (χ2n) is 8.45. The van der Waals surface area contributed by atoms with Gasteiger partial charge in [0.25, 0.3) is 5.91 Å². The quantitative estimate of drug-likeness (QED) is 0.660. The fourth-order valence-electron chi connectivity index (χ4n) is 4.03. The van der Waals surface area contributed by atoms with Crippen LogP contribution in [-0.2, 0) is 14.4 Å². The summed E-state index contributed by atoms with van der Waals surface area (Å²) in [4.78, 5) is 52.0. The fraction of sp³-hybridized carbons (Fsp3) is 0.545. The van der Waals surface area contributed by atoms with Crippen molar-refractivity contribution in [1.29, 1.82) is 0 Å². The van der Waals surface area contributed by atoms with Crippen molar-refractivity contribution in [3.8, 4) is 5.75 Å². The van der Waals surface area contributed by atoms with Gasteiger partial charge in [0.1, 0.15) is 24.4 Å². The molecule has 31 heavy (non-hydrogen) atoms. The first-order valence-corrected chi connectivity index (χ1v) is 10.6. The van der Waals surface area contributed by atoms with Crippen LogP contribution in [0.2, 0.25) is 0 Å². The van der Waals surface area contributed by atoms with Crippen molar-refractivity contribution >= 4 is 23.7 Å². The maximum atomic E-state index is 13.3. The number of aliphatic carboxylic acids is 1. The lowest BCUT2D eigenvalue weighted by atomic mass is 10.0. The molecule has 2 heterocycles. The Morgan fingerprint density at radius 1 is 1.23 bits per heavy atom. The number of ether oxygens (including phenoxy) is 1. The maximum Gasteiger partial charge on any atom is 0.326 e. The van der Waals surface area contributed by atoms with E-state index in [0.717, 1.165) is 12.8 Å². The highest BCUT2D eigenvalue weighted by Gasteiger charge is 2.36. The van der Waals surface area contributed by atoms with E-state index in [2.05, 4.69) is 10.6 Å². The van der Waals surface area contributed by atoms with E-state index in [0.29, 0.717) is 18.7 Å². The average Bonchev–Trinajstić information content (AvgIpc) is 3.18. The summed E-state index contributed by atoms with van der Waals surface area (Å²) in [6.07, 6.45) is 1.55. The Balaban J connectivity index is 1.95. The smallest absolute Gasteiger partial charge is 0.326 e. The Hall–Kier alpha value is -3.10. The number of rotatable bonds is 3. The van der Waals surface area contributed by atoms with Crippen LogP contribution in [0.3, 0.4) is 0 Å². The maximum absolute atomic E-state index is 13.3. The first-order valence-electron chi connectivity index (χ1n) is 10.6. The molecular formula is C22H29N3O6. The molecule has 1 saturated heterocycles. The minimum Gasteiger partial charge on any atom is -0.491 e. The lowest BCUT2D eigenvalue weighted by molar-refractivity contribution is -0.142. The summed E-state index contributed by atoms with van der Waals surface area (Å²) in [5.41, 5.74) is 0.180. The van der Waals surface area contributed by atoms with E-state index in [9.17, 15) is 24.3 Å². The van der Waals surface area contributed by atoms with Crippen molar-refractivity contribution in [3.63, 3.8) is 0 Å². The van der Waals surface area contributed by atoms with Crippen molar-refractivity contribution < 1.29 is 29.0 Å². The van der Waals surface area contributed by atoms with Crippen LogP contribution >= 0.6 is 0 Å². The van der Waals surface area contributed by atoms with E-state index in [1.807, 2.05) is 13.8 Å². The van der Waals surface area contributed by atoms with Gasteiger partial charge >= 0.3 is 5.97 Å². The van der Waals surface area contributed by atoms with Crippen LogP contribution < -0.4 is 15.4 Å². The molecule has 1 fully saturated rings. The van der Waals surface area contributed by atoms with Crippen molar-refractivity contribution in [2.45, 2.75) is 57.7 Å². The van der Waals surface area contributed by atoms with Gasteiger partial charge in [0.2, 0.25) is 11.8 Å². The Kier molecular flexibility index (Phi) is 7.14. The molecule has 0 radical (unpaired) electrons. The third-order valence-corrected chi connectivity index (χ3v) is 5.56. The third-order valence-electron chi connectivity index (χ3n) is 5.56. The van der Waals surface area contributed by atoms with Crippen LogP contribution in [0.4, 0.5) is 0 Å². The largest absolute Gasteiger partial charge is 0.491 e. The number of carbonyl (C=O) groups is 4. The number of fused-ring (bicyclic) bond motifs is 2. The molecule has 3 rings (SSSR count). The van der Waals surface area contributed by atoms with E-state index in [4.69, 9.17) is 4.74 Å². The van der Waals surface area contributed by atoms with Gasteiger partial charge in [0.15, 0.2) is 0 Å². The molecule has 0 unspecified atom stereocenters. The molecule has 3 atom stereocenters. The minimum absolute atomic E-state index is 0.146. The topological polar surface area (TPSA) is 125 Å². The number of nitrogens with zero attached hydrogens (tertiary/aromatic N) is 1. The lowest BCUT2D eigenvalue weighted by Gasteiger charge is -2.31. The Morgan fingerprint density at radius 3 is 2.68 bits per heavy atom. The molecule has 0 saturated carbocycles. The number of nitrogens with one attached hydrogen (secondary N) is 2. The molecule has 168 valence electrons. The summed E-state index contributed by atoms with van der Waals surface area (Å²) in [5.74, 6) is -2.29. The molecule has 3 amide bonds. The van der Waals surface area contributed by atoms with Crippen LogP contribution in [0.25, 0.3) is 0 Å². The highest BCUT2D eigenvalue weighted by atomic mass is 16.5. The number of para-hydroxylation sites is 1. The number of carboxylic acid groups (broad SMARTS) is 1. The van der Waals surface area contributed by atoms with E-state index in [1.54, 1.807) is 23.1 Å². The molecule has 1 aromatic carbocycles. The first kappa shape index (κ1) is 22.6. The summed E-state index contributed by atoms with van der Waals surface area (Å²) in [6, 6.07) is 4.18. The Labute approximate surface area is 181 Å². The molecule has 2 aliphatic heterocycles. The number of amides is 3. The molecule has 1 aromatic rings. The molecule has 9 heteroatoms. The molecule has 3 N–H and O–H groups in total. The van der Waals surface area contributed by atoms with Gasteiger partial charge in [0, 0.05) is 6.54 Å². The number of hydrogen-bond donors (Lipinski definition) is 3. The summed E-state index contributed by atoms with van der Waals surface area (Å²) in [5, 5.41) is 14.6. The molecule has 0 bridgehead atoms. The standard InChI is InChI=1S/C22H29N3O6/c1-13(2)10-16-21(28)25-9-5-6-14(25)12-31-18-8-4-3-7-15(18)20(27)24-17(22(29)30)11-19(26)23-16/h3-4,7-8,13-14,16-17H,5-6,9-12H2,1-2H3,(H,23,26)(H,24,27)(H,29,30)/t14-,16+,17+/m1/s1. The van der Waals surface area contributed by atoms with Crippen molar-refractivity contribution in [2.75, 3.05) is 13.2 Å². The van der Waals surface area contributed by atoms with Crippen LogP contribution in [0.5, 0.6) is 5.75 Å². The van der Waals surface area contributed by atoms with Crippen molar-refractivity contribution in [2.24, 2.45) is 5.92 Å². The van der Waals surface area contributed by atoms with Crippen LogP contribution in [0, 0.1) is 5.92 Å². The zero-order valence-corrected chi connectivity index (χ0v) is 17.8. The fourth-order valence-corrected chi connectivity index (χ4v) is 4.03. The number of carboxylic acids is 1. The van der Waals surface area contributed by atoms with E-state index in [-0.39, 0.29) is 30.0 Å². The Morgan fingerprint density at radius 2 is 1.97 bits per heavy atom. The molecule has 0 aromatic heterocycles. The average molecular weight is 431 g/mol. The van der Waals surface area contributed by atoms with Crippen LogP contribution in [-0.4, -0.2) is 65.0 Å². The molecule has 0 spiro atoms. The summed E-state index contributed by atoms with van der Waals surface area (Å²) < 4.78 is 5.91. The normalized spacial score (nSPS) is 25.1.